The normalized spacial score (nSPS) is 11.2. The Morgan fingerprint density at radius 3 is 1.84 bits per heavy atom. The Kier molecular flexibility index (Phi) is 14.4. The molecule has 31 heavy (non-hydrogen) atoms. The Morgan fingerprint density at radius 1 is 0.742 bits per heavy atom. The quantitative estimate of drug-likeness (QED) is 0.229. The molecule has 0 N–H and O–H groups in total. The van der Waals surface area contributed by atoms with Gasteiger partial charge in [-0.15, -0.1) is 0 Å². The van der Waals surface area contributed by atoms with E-state index in [9.17, 15) is 13.0 Å². The Hall–Kier alpha value is -0.850. The first-order valence-electron chi connectivity index (χ1n) is 11.3. The first-order valence-corrected chi connectivity index (χ1v) is 12.7. The van der Waals surface area contributed by atoms with Crippen molar-refractivity contribution >= 4 is 10.1 Å². The molecule has 0 spiro atoms. The monoisotopic (exact) mass is 454 g/mol. The molecule has 2 aromatic carbocycles. The second-order valence-electron chi connectivity index (χ2n) is 7.97. The van der Waals surface area contributed by atoms with Crippen LogP contribution in [-0.4, -0.2) is 13.0 Å². The number of rotatable bonds is 15. The van der Waals surface area contributed by atoms with E-state index in [0.717, 1.165) is 24.8 Å². The summed E-state index contributed by atoms with van der Waals surface area (Å²) in [5, 5.41) is 0. The van der Waals surface area contributed by atoms with Gasteiger partial charge in [0.1, 0.15) is 21.6 Å². The van der Waals surface area contributed by atoms with Crippen LogP contribution < -0.4 is 34.3 Å². The summed E-state index contributed by atoms with van der Waals surface area (Å²) in [7, 11) is -4.52. The molecule has 0 aromatic heterocycles. The van der Waals surface area contributed by atoms with Gasteiger partial charge in [0, 0.05) is 0 Å². The van der Waals surface area contributed by atoms with Crippen molar-refractivity contribution in [3.63, 3.8) is 0 Å². The maximum Gasteiger partial charge on any atom is 1.00 e. The van der Waals surface area contributed by atoms with E-state index in [2.05, 4.69) is 6.92 Å². The minimum Gasteiger partial charge on any atom is -0.744 e. The largest absolute Gasteiger partial charge is 1.00 e. The predicted octanol–water partition coefficient (Wildman–Crippen LogP) is 4.24. The third-order valence-corrected chi connectivity index (χ3v) is 6.09. The smallest absolute Gasteiger partial charge is 0.744 e. The summed E-state index contributed by atoms with van der Waals surface area (Å²) in [6, 6.07) is 13.8. The molecule has 0 heterocycles. The van der Waals surface area contributed by atoms with Crippen LogP contribution >= 0.6 is 0 Å². The fourth-order valence-electron chi connectivity index (χ4n) is 3.60. The van der Waals surface area contributed by atoms with Crippen molar-refractivity contribution in [1.29, 1.82) is 0 Å². The van der Waals surface area contributed by atoms with E-state index in [0.29, 0.717) is 11.5 Å². The van der Waals surface area contributed by atoms with E-state index in [1.807, 2.05) is 24.3 Å². The maximum atomic E-state index is 11.5. The van der Waals surface area contributed by atoms with Crippen LogP contribution in [0.15, 0.2) is 53.4 Å². The summed E-state index contributed by atoms with van der Waals surface area (Å²) in [6.45, 7) is 2.24. The molecule has 0 atom stereocenters. The molecule has 0 bridgehead atoms. The zero-order valence-electron chi connectivity index (χ0n) is 19.1. The summed E-state index contributed by atoms with van der Waals surface area (Å²) in [6.07, 6.45) is 14.6. The summed E-state index contributed by atoms with van der Waals surface area (Å²) < 4.78 is 40.4. The van der Waals surface area contributed by atoms with Crippen molar-refractivity contribution in [2.45, 2.75) is 88.9 Å². The Labute approximate surface area is 210 Å². The number of hydrogen-bond acceptors (Lipinski definition) is 4. The van der Waals surface area contributed by atoms with Gasteiger partial charge in [0.15, 0.2) is 0 Å². The molecule has 0 amide bonds. The van der Waals surface area contributed by atoms with Gasteiger partial charge in [0.2, 0.25) is 0 Å². The van der Waals surface area contributed by atoms with Crippen LogP contribution in [0.25, 0.3) is 0 Å². The number of hydrogen-bond donors (Lipinski definition) is 0. The van der Waals surface area contributed by atoms with Crippen LogP contribution in [-0.2, 0) is 16.5 Å². The van der Waals surface area contributed by atoms with E-state index in [1.54, 1.807) is 12.1 Å². The van der Waals surface area contributed by atoms with Gasteiger partial charge in [-0.3, -0.25) is 0 Å². The van der Waals surface area contributed by atoms with E-state index in [1.165, 1.54) is 69.9 Å². The fourth-order valence-corrected chi connectivity index (χ4v) is 4.15. The van der Waals surface area contributed by atoms with Crippen LogP contribution in [0.4, 0.5) is 0 Å². The molecule has 2 aromatic rings. The van der Waals surface area contributed by atoms with Gasteiger partial charge < -0.3 is 9.29 Å². The van der Waals surface area contributed by atoms with Crippen molar-refractivity contribution in [1.82, 2.24) is 0 Å². The van der Waals surface area contributed by atoms with Gasteiger partial charge in [0.25, 0.3) is 0 Å². The molecular weight excluding hydrogens is 419 g/mol. The van der Waals surface area contributed by atoms with Crippen LogP contribution in [0.1, 0.15) is 83.1 Å². The minimum absolute atomic E-state index is 0. The van der Waals surface area contributed by atoms with E-state index in [-0.39, 0.29) is 34.5 Å². The van der Waals surface area contributed by atoms with E-state index < -0.39 is 10.1 Å². The van der Waals surface area contributed by atoms with Gasteiger partial charge in [-0.05, 0) is 48.7 Å². The third kappa shape index (κ3) is 12.1. The van der Waals surface area contributed by atoms with Gasteiger partial charge in [0.05, 0.1) is 4.90 Å². The second kappa shape index (κ2) is 15.9. The predicted molar refractivity (Wildman–Crippen MR) is 121 cm³/mol. The molecule has 0 unspecified atom stereocenters. The molecule has 0 aliphatic carbocycles. The molecule has 0 fully saturated rings. The van der Waals surface area contributed by atoms with Crippen molar-refractivity contribution < 1.29 is 47.3 Å². The van der Waals surface area contributed by atoms with Gasteiger partial charge >= 0.3 is 29.6 Å². The van der Waals surface area contributed by atoms with Crippen molar-refractivity contribution in [2.24, 2.45) is 0 Å². The zero-order valence-corrected chi connectivity index (χ0v) is 22.0. The zero-order chi connectivity index (χ0) is 21.7. The number of unbranched alkanes of at least 4 members (excludes halogenated alkanes) is 10. The van der Waals surface area contributed by atoms with Crippen LogP contribution in [0.3, 0.4) is 0 Å². The van der Waals surface area contributed by atoms with E-state index in [4.69, 9.17) is 4.74 Å². The maximum absolute atomic E-state index is 11.5. The first kappa shape index (κ1) is 28.2. The number of benzene rings is 2. The summed E-state index contributed by atoms with van der Waals surface area (Å²) in [5.74, 6) is 0.995. The van der Waals surface area contributed by atoms with E-state index >= 15 is 0 Å². The molecule has 4 nitrogen and oxygen atoms in total. The SMILES string of the molecule is CCCCCCCCCCCCCc1cc(Oc2ccccc2)cc(S(=O)(=O)[O-])c1.[Na+]. The second-order valence-corrected chi connectivity index (χ2v) is 9.35. The summed E-state index contributed by atoms with van der Waals surface area (Å²) in [5.41, 5.74) is 0.828. The molecular formula is C25H35NaO4S. The minimum atomic E-state index is -4.52. The molecule has 0 aliphatic heterocycles. The summed E-state index contributed by atoms with van der Waals surface area (Å²) in [4.78, 5) is -0.228. The van der Waals surface area contributed by atoms with Crippen LogP contribution in [0, 0.1) is 0 Å². The third-order valence-electron chi connectivity index (χ3n) is 5.28. The fraction of sp³-hybridized carbons (Fsp3) is 0.520. The van der Waals surface area contributed by atoms with Crippen molar-refractivity contribution in [2.75, 3.05) is 0 Å². The van der Waals surface area contributed by atoms with Crippen LogP contribution in [0.2, 0.25) is 0 Å². The Bertz CT molecular complexity index is 838. The standard InChI is InChI=1S/C25H36O4S.Na/c1-2-3-4-5-6-7-8-9-10-11-13-16-22-19-24(21-25(20-22)30(26,27)28)29-23-17-14-12-15-18-23;/h12,14-15,17-21H,2-11,13,16H2,1H3,(H,26,27,28);/q;+1/p-1. The first-order chi connectivity index (χ1) is 14.5. The molecule has 2 rings (SSSR count). The Balaban J connectivity index is 0.00000480. The van der Waals surface area contributed by atoms with Gasteiger partial charge in [-0.2, -0.15) is 0 Å². The molecule has 0 saturated carbocycles. The number of ether oxygens (including phenoxy) is 1. The molecule has 0 aliphatic rings. The molecule has 166 valence electrons. The average Bonchev–Trinajstić information content (AvgIpc) is 2.72. The van der Waals surface area contributed by atoms with Crippen LogP contribution in [0.5, 0.6) is 11.5 Å². The van der Waals surface area contributed by atoms with Crippen molar-refractivity contribution in [3.05, 3.63) is 54.1 Å². The number of aryl methyl sites for hydroxylation is 1. The molecule has 0 radical (unpaired) electrons. The topological polar surface area (TPSA) is 66.4 Å². The summed E-state index contributed by atoms with van der Waals surface area (Å²) >= 11 is 0. The molecule has 0 saturated heterocycles. The van der Waals surface area contributed by atoms with Gasteiger partial charge in [-0.25, -0.2) is 8.42 Å². The Morgan fingerprint density at radius 2 is 1.29 bits per heavy atom. The average molecular weight is 455 g/mol. The number of para-hydroxylation sites is 1. The molecule has 6 heteroatoms. The van der Waals surface area contributed by atoms with Gasteiger partial charge in [-0.1, -0.05) is 89.3 Å². The van der Waals surface area contributed by atoms with Crippen molar-refractivity contribution in [3.8, 4) is 11.5 Å².